The van der Waals surface area contributed by atoms with Gasteiger partial charge in [-0.25, -0.2) is 4.68 Å². The van der Waals surface area contributed by atoms with Gasteiger partial charge in [-0.1, -0.05) is 0 Å². The van der Waals surface area contributed by atoms with Crippen LogP contribution in [0.25, 0.3) is 0 Å². The number of aromatic nitrogens is 4. The van der Waals surface area contributed by atoms with Gasteiger partial charge in [-0.05, 0) is 39.4 Å². The minimum atomic E-state index is -0.159. The molecule has 0 spiro atoms. The summed E-state index contributed by atoms with van der Waals surface area (Å²) in [5.41, 5.74) is 3.41. The van der Waals surface area contributed by atoms with Crippen LogP contribution in [0.3, 0.4) is 0 Å². The maximum atomic E-state index is 12.1. The second-order valence-corrected chi connectivity index (χ2v) is 5.87. The first-order valence-corrected chi connectivity index (χ1v) is 7.27. The molecule has 1 atom stereocenters. The van der Waals surface area contributed by atoms with E-state index < -0.39 is 0 Å². The molecule has 7 heteroatoms. The summed E-state index contributed by atoms with van der Waals surface area (Å²) < 4.78 is 3.91. The van der Waals surface area contributed by atoms with E-state index in [-0.39, 0.29) is 11.9 Å². The number of carbonyl (C=O) groups excluding carboxylic acids is 1. The summed E-state index contributed by atoms with van der Waals surface area (Å²) in [6.45, 7) is 6.75. The normalized spacial score (nSPS) is 12.7. The molecular formula is C15H24N6O. The highest BCUT2D eigenvalue weighted by Crippen LogP contribution is 2.18. The number of carbonyl (C=O) groups is 1. The van der Waals surface area contributed by atoms with Gasteiger partial charge in [-0.3, -0.25) is 14.4 Å². The van der Waals surface area contributed by atoms with Crippen molar-refractivity contribution in [2.45, 2.75) is 33.4 Å². The Morgan fingerprint density at radius 1 is 1.23 bits per heavy atom. The van der Waals surface area contributed by atoms with Crippen molar-refractivity contribution in [3.05, 3.63) is 35.7 Å². The van der Waals surface area contributed by atoms with Gasteiger partial charge in [0.05, 0.1) is 6.04 Å². The molecule has 0 saturated carbocycles. The van der Waals surface area contributed by atoms with Crippen molar-refractivity contribution in [3.63, 3.8) is 0 Å². The van der Waals surface area contributed by atoms with Crippen LogP contribution in [0.15, 0.2) is 18.7 Å². The average Bonchev–Trinajstić information content (AvgIpc) is 3.06. The Balaban J connectivity index is 2.21. The Bertz CT molecular complexity index is 643. The van der Waals surface area contributed by atoms with Crippen LogP contribution in [0.1, 0.15) is 23.9 Å². The Kier molecular flexibility index (Phi) is 4.65. The lowest BCUT2D eigenvalue weighted by molar-refractivity contribution is -0.133. The minimum Gasteiger partial charge on any atom is -0.347 e. The van der Waals surface area contributed by atoms with E-state index in [0.29, 0.717) is 6.54 Å². The Hall–Kier alpha value is -2.15. The van der Waals surface area contributed by atoms with Crippen molar-refractivity contribution in [1.82, 2.24) is 29.3 Å². The number of hydrogen-bond acceptors (Lipinski definition) is 4. The van der Waals surface area contributed by atoms with Gasteiger partial charge in [-0.15, -0.1) is 10.2 Å². The summed E-state index contributed by atoms with van der Waals surface area (Å²) in [6, 6.07) is 1.98. The molecule has 0 N–H and O–H groups in total. The van der Waals surface area contributed by atoms with Gasteiger partial charge >= 0.3 is 0 Å². The van der Waals surface area contributed by atoms with Crippen LogP contribution < -0.4 is 0 Å². The van der Waals surface area contributed by atoms with E-state index in [1.807, 2.05) is 25.6 Å². The quantitative estimate of drug-likeness (QED) is 0.824. The first-order valence-electron chi connectivity index (χ1n) is 7.27. The lowest BCUT2D eigenvalue weighted by Gasteiger charge is -2.26. The number of aryl methyl sites for hydroxylation is 1. The van der Waals surface area contributed by atoms with E-state index in [0.717, 1.165) is 11.4 Å². The largest absolute Gasteiger partial charge is 0.347 e. The fourth-order valence-corrected chi connectivity index (χ4v) is 2.60. The Morgan fingerprint density at radius 2 is 1.82 bits per heavy atom. The fourth-order valence-electron chi connectivity index (χ4n) is 2.60. The van der Waals surface area contributed by atoms with Gasteiger partial charge in [0.15, 0.2) is 0 Å². The van der Waals surface area contributed by atoms with Crippen LogP contribution in [0, 0.1) is 13.8 Å². The molecule has 0 aromatic carbocycles. The van der Waals surface area contributed by atoms with Crippen molar-refractivity contribution >= 4 is 5.91 Å². The van der Waals surface area contributed by atoms with E-state index in [1.54, 1.807) is 31.6 Å². The summed E-state index contributed by atoms with van der Waals surface area (Å²) >= 11 is 0. The molecule has 1 unspecified atom stereocenters. The van der Waals surface area contributed by atoms with Gasteiger partial charge in [0.1, 0.15) is 12.7 Å². The molecule has 7 nitrogen and oxygen atoms in total. The maximum absolute atomic E-state index is 12.1. The summed E-state index contributed by atoms with van der Waals surface area (Å²) in [5, 5.41) is 7.71. The Labute approximate surface area is 131 Å². The molecule has 0 fully saturated rings. The van der Waals surface area contributed by atoms with Crippen LogP contribution in [0.2, 0.25) is 0 Å². The SMILES string of the molecule is Cc1cc(CN(C)C(C)C(=O)N(C)C)c(C)n1-n1cnnc1. The number of hydrogen-bond donors (Lipinski definition) is 0. The van der Waals surface area contributed by atoms with Gasteiger partial charge < -0.3 is 4.90 Å². The molecule has 2 aromatic rings. The third kappa shape index (κ3) is 3.04. The van der Waals surface area contributed by atoms with Gasteiger partial charge in [0, 0.05) is 32.0 Å². The second-order valence-electron chi connectivity index (χ2n) is 5.87. The zero-order chi connectivity index (χ0) is 16.4. The lowest BCUT2D eigenvalue weighted by Crippen LogP contribution is -2.42. The van der Waals surface area contributed by atoms with Crippen molar-refractivity contribution in [1.29, 1.82) is 0 Å². The summed E-state index contributed by atoms with van der Waals surface area (Å²) in [5.74, 6) is 0.107. The first kappa shape index (κ1) is 16.2. The maximum Gasteiger partial charge on any atom is 0.239 e. The van der Waals surface area contributed by atoms with E-state index in [9.17, 15) is 4.79 Å². The van der Waals surface area contributed by atoms with Crippen molar-refractivity contribution in [3.8, 4) is 0 Å². The highest BCUT2D eigenvalue weighted by atomic mass is 16.2. The van der Waals surface area contributed by atoms with Gasteiger partial charge in [-0.2, -0.15) is 0 Å². The van der Waals surface area contributed by atoms with Crippen molar-refractivity contribution in [2.75, 3.05) is 21.1 Å². The number of likely N-dealkylation sites (N-methyl/N-ethyl adjacent to an activating group) is 2. The predicted octanol–water partition coefficient (Wildman–Crippen LogP) is 0.916. The fraction of sp³-hybridized carbons (Fsp3) is 0.533. The summed E-state index contributed by atoms with van der Waals surface area (Å²) in [4.78, 5) is 15.8. The molecule has 0 radical (unpaired) electrons. The molecule has 2 heterocycles. The standard InChI is InChI=1S/C15H24N6O/c1-11-7-14(8-19(6)13(3)15(22)18(4)5)12(2)21(11)20-9-16-17-10-20/h7,9-10,13H,8H2,1-6H3. The number of nitrogens with zero attached hydrogens (tertiary/aromatic N) is 6. The zero-order valence-electron chi connectivity index (χ0n) is 14.1. The van der Waals surface area contributed by atoms with Crippen molar-refractivity contribution < 1.29 is 4.79 Å². The molecule has 2 aromatic heterocycles. The zero-order valence-corrected chi connectivity index (χ0v) is 14.1. The molecule has 0 aliphatic heterocycles. The van der Waals surface area contributed by atoms with E-state index in [1.165, 1.54) is 5.56 Å². The molecular weight excluding hydrogens is 280 g/mol. The molecule has 0 saturated heterocycles. The topological polar surface area (TPSA) is 59.2 Å². The van der Waals surface area contributed by atoms with Gasteiger partial charge in [0.25, 0.3) is 0 Å². The monoisotopic (exact) mass is 304 g/mol. The molecule has 0 aliphatic carbocycles. The lowest BCUT2D eigenvalue weighted by atomic mass is 10.2. The van der Waals surface area contributed by atoms with Crippen LogP contribution in [0.4, 0.5) is 0 Å². The minimum absolute atomic E-state index is 0.107. The molecule has 0 bridgehead atoms. The predicted molar refractivity (Wildman–Crippen MR) is 84.3 cm³/mol. The Morgan fingerprint density at radius 3 is 2.36 bits per heavy atom. The molecule has 2 rings (SSSR count). The molecule has 22 heavy (non-hydrogen) atoms. The number of amides is 1. The van der Waals surface area contributed by atoms with E-state index in [2.05, 4.69) is 32.8 Å². The van der Waals surface area contributed by atoms with Crippen LogP contribution in [-0.2, 0) is 11.3 Å². The number of rotatable bonds is 5. The average molecular weight is 304 g/mol. The molecule has 0 aliphatic rings. The highest BCUT2D eigenvalue weighted by Gasteiger charge is 2.21. The van der Waals surface area contributed by atoms with Crippen LogP contribution in [-0.4, -0.2) is 62.4 Å². The van der Waals surface area contributed by atoms with E-state index in [4.69, 9.17) is 0 Å². The van der Waals surface area contributed by atoms with Gasteiger partial charge in [0.2, 0.25) is 5.91 Å². The summed E-state index contributed by atoms with van der Waals surface area (Å²) in [6.07, 6.45) is 3.34. The van der Waals surface area contributed by atoms with Crippen LogP contribution in [0.5, 0.6) is 0 Å². The van der Waals surface area contributed by atoms with Crippen LogP contribution >= 0.6 is 0 Å². The third-order valence-corrected chi connectivity index (χ3v) is 4.02. The third-order valence-electron chi connectivity index (χ3n) is 4.02. The first-order chi connectivity index (χ1) is 10.3. The molecule has 120 valence electrons. The smallest absolute Gasteiger partial charge is 0.239 e. The second kappa shape index (κ2) is 6.31. The van der Waals surface area contributed by atoms with Crippen molar-refractivity contribution in [2.24, 2.45) is 0 Å². The molecule has 1 amide bonds. The van der Waals surface area contributed by atoms with E-state index >= 15 is 0 Å². The summed E-state index contributed by atoms with van der Waals surface area (Å²) in [7, 11) is 5.53. The highest BCUT2D eigenvalue weighted by molar-refractivity contribution is 5.80.